The number of fused-ring (bicyclic) bond motifs is 1. The number of aromatic nitrogens is 1. The van der Waals surface area contributed by atoms with Gasteiger partial charge in [0.05, 0.1) is 6.04 Å². The minimum absolute atomic E-state index is 0.134. The third kappa shape index (κ3) is 2.06. The second kappa shape index (κ2) is 4.37. The van der Waals surface area contributed by atoms with Crippen molar-refractivity contribution in [1.29, 1.82) is 0 Å². The molecule has 0 bridgehead atoms. The van der Waals surface area contributed by atoms with Crippen LogP contribution in [0.15, 0.2) is 30.5 Å². The van der Waals surface area contributed by atoms with Crippen LogP contribution in [0.4, 0.5) is 0 Å². The first-order valence-corrected chi connectivity index (χ1v) is 5.27. The first-order chi connectivity index (χ1) is 7.68. The van der Waals surface area contributed by atoms with E-state index in [0.717, 1.165) is 16.5 Å². The Morgan fingerprint density at radius 3 is 3.00 bits per heavy atom. The number of H-pyrrole nitrogens is 1. The summed E-state index contributed by atoms with van der Waals surface area (Å²) in [4.78, 5) is 14.5. The lowest BCUT2D eigenvalue weighted by Crippen LogP contribution is -2.37. The summed E-state index contributed by atoms with van der Waals surface area (Å²) in [5.74, 6) is -0.134. The van der Waals surface area contributed by atoms with E-state index in [9.17, 15) is 4.79 Å². The summed E-state index contributed by atoms with van der Waals surface area (Å²) in [6, 6.07) is 7.52. The predicted molar refractivity (Wildman–Crippen MR) is 63.8 cm³/mol. The van der Waals surface area contributed by atoms with Crippen LogP contribution in [0, 0.1) is 0 Å². The van der Waals surface area contributed by atoms with Crippen molar-refractivity contribution in [2.24, 2.45) is 5.73 Å². The van der Waals surface area contributed by atoms with Gasteiger partial charge < -0.3 is 16.0 Å². The number of aromatic amines is 1. The standard InChI is InChI=1S/C12H15N3O/c1-8(13)12(16)15-7-9-6-14-11-5-3-2-4-10(9)11/h2-6,8,14H,7,13H2,1H3,(H,15,16). The van der Waals surface area contributed by atoms with Gasteiger partial charge in [0.25, 0.3) is 0 Å². The highest BCUT2D eigenvalue weighted by atomic mass is 16.2. The highest BCUT2D eigenvalue weighted by Crippen LogP contribution is 2.17. The highest BCUT2D eigenvalue weighted by Gasteiger charge is 2.08. The van der Waals surface area contributed by atoms with Gasteiger partial charge in [-0.25, -0.2) is 0 Å². The van der Waals surface area contributed by atoms with Crippen LogP contribution in [0.1, 0.15) is 12.5 Å². The monoisotopic (exact) mass is 217 g/mol. The quantitative estimate of drug-likeness (QED) is 0.721. The van der Waals surface area contributed by atoms with Crippen molar-refractivity contribution in [2.75, 3.05) is 0 Å². The number of hydrogen-bond donors (Lipinski definition) is 3. The number of amides is 1. The summed E-state index contributed by atoms with van der Waals surface area (Å²) in [6.45, 7) is 2.18. The topological polar surface area (TPSA) is 70.9 Å². The summed E-state index contributed by atoms with van der Waals surface area (Å²) in [7, 11) is 0. The van der Waals surface area contributed by atoms with Crippen molar-refractivity contribution in [2.45, 2.75) is 19.5 Å². The second-order valence-electron chi connectivity index (χ2n) is 3.87. The predicted octanol–water partition coefficient (Wildman–Crippen LogP) is 1.13. The maximum Gasteiger partial charge on any atom is 0.236 e. The van der Waals surface area contributed by atoms with Crippen molar-refractivity contribution in [1.82, 2.24) is 10.3 Å². The minimum atomic E-state index is -0.467. The van der Waals surface area contributed by atoms with Crippen LogP contribution < -0.4 is 11.1 Å². The number of benzene rings is 1. The van der Waals surface area contributed by atoms with E-state index in [1.54, 1.807) is 6.92 Å². The zero-order chi connectivity index (χ0) is 11.5. The lowest BCUT2D eigenvalue weighted by molar-refractivity contribution is -0.122. The molecule has 1 heterocycles. The third-order valence-electron chi connectivity index (χ3n) is 2.54. The zero-order valence-electron chi connectivity index (χ0n) is 9.16. The van der Waals surface area contributed by atoms with Gasteiger partial charge in [-0.3, -0.25) is 4.79 Å². The largest absolute Gasteiger partial charge is 0.361 e. The molecule has 4 N–H and O–H groups in total. The number of carbonyl (C=O) groups is 1. The van der Waals surface area contributed by atoms with Gasteiger partial charge in [0.2, 0.25) is 5.91 Å². The summed E-state index contributed by atoms with van der Waals surface area (Å²) >= 11 is 0. The molecule has 4 heteroatoms. The molecule has 4 nitrogen and oxygen atoms in total. The molecule has 2 aromatic rings. The van der Waals surface area contributed by atoms with E-state index >= 15 is 0 Å². The third-order valence-corrected chi connectivity index (χ3v) is 2.54. The Bertz CT molecular complexity index is 502. The molecule has 0 saturated carbocycles. The number of rotatable bonds is 3. The summed E-state index contributed by atoms with van der Waals surface area (Å²) in [5, 5.41) is 3.92. The maximum absolute atomic E-state index is 11.3. The fourth-order valence-electron chi connectivity index (χ4n) is 1.62. The molecule has 1 atom stereocenters. The van der Waals surface area contributed by atoms with Crippen molar-refractivity contribution in [3.8, 4) is 0 Å². The first-order valence-electron chi connectivity index (χ1n) is 5.27. The number of hydrogen-bond acceptors (Lipinski definition) is 2. The van der Waals surface area contributed by atoms with Crippen molar-refractivity contribution in [3.63, 3.8) is 0 Å². The molecule has 0 aliphatic heterocycles. The summed E-state index contributed by atoms with van der Waals surface area (Å²) < 4.78 is 0. The number of nitrogens with one attached hydrogen (secondary N) is 2. The molecule has 0 radical (unpaired) electrons. The van der Waals surface area contributed by atoms with Gasteiger partial charge in [0.15, 0.2) is 0 Å². The Kier molecular flexibility index (Phi) is 2.92. The highest BCUT2D eigenvalue weighted by molar-refractivity contribution is 5.84. The molecule has 16 heavy (non-hydrogen) atoms. The molecule has 2 rings (SSSR count). The molecule has 1 amide bonds. The average molecular weight is 217 g/mol. The Hall–Kier alpha value is -1.81. The number of para-hydroxylation sites is 1. The summed E-state index contributed by atoms with van der Waals surface area (Å²) in [6.07, 6.45) is 1.91. The molecule has 84 valence electrons. The van der Waals surface area contributed by atoms with E-state index in [1.807, 2.05) is 30.5 Å². The van der Waals surface area contributed by atoms with Crippen LogP contribution in [-0.2, 0) is 11.3 Å². The van der Waals surface area contributed by atoms with Crippen LogP contribution in [0.3, 0.4) is 0 Å². The van der Waals surface area contributed by atoms with E-state index in [4.69, 9.17) is 5.73 Å². The Morgan fingerprint density at radius 1 is 1.50 bits per heavy atom. The SMILES string of the molecule is CC(N)C(=O)NCc1c[nH]c2ccccc12. The van der Waals surface area contributed by atoms with Gasteiger partial charge in [0, 0.05) is 23.6 Å². The number of carbonyl (C=O) groups excluding carboxylic acids is 1. The van der Waals surface area contributed by atoms with Gasteiger partial charge >= 0.3 is 0 Å². The van der Waals surface area contributed by atoms with Gasteiger partial charge in [-0.1, -0.05) is 18.2 Å². The Labute approximate surface area is 93.8 Å². The first kappa shape index (κ1) is 10.7. The fourth-order valence-corrected chi connectivity index (χ4v) is 1.62. The zero-order valence-corrected chi connectivity index (χ0v) is 9.16. The van der Waals surface area contributed by atoms with Crippen LogP contribution in [0.5, 0.6) is 0 Å². The van der Waals surface area contributed by atoms with Crippen LogP contribution in [-0.4, -0.2) is 16.9 Å². The van der Waals surface area contributed by atoms with E-state index in [0.29, 0.717) is 6.54 Å². The molecule has 0 aliphatic rings. The van der Waals surface area contributed by atoms with Gasteiger partial charge in [-0.15, -0.1) is 0 Å². The Morgan fingerprint density at radius 2 is 2.25 bits per heavy atom. The van der Waals surface area contributed by atoms with Gasteiger partial charge in [-0.2, -0.15) is 0 Å². The average Bonchev–Trinajstić information content (AvgIpc) is 2.69. The molecule has 0 spiro atoms. The van der Waals surface area contributed by atoms with Crippen LogP contribution in [0.2, 0.25) is 0 Å². The lowest BCUT2D eigenvalue weighted by atomic mass is 10.2. The molecule has 1 unspecified atom stereocenters. The van der Waals surface area contributed by atoms with Crippen LogP contribution in [0.25, 0.3) is 10.9 Å². The molecular formula is C12H15N3O. The molecule has 0 saturated heterocycles. The molecular weight excluding hydrogens is 202 g/mol. The van der Waals surface area contributed by atoms with Gasteiger partial charge in [0.1, 0.15) is 0 Å². The minimum Gasteiger partial charge on any atom is -0.361 e. The summed E-state index contributed by atoms with van der Waals surface area (Å²) in [5.41, 5.74) is 7.62. The van der Waals surface area contributed by atoms with E-state index in [-0.39, 0.29) is 5.91 Å². The van der Waals surface area contributed by atoms with E-state index < -0.39 is 6.04 Å². The molecule has 1 aromatic carbocycles. The van der Waals surface area contributed by atoms with E-state index in [2.05, 4.69) is 10.3 Å². The normalized spacial score (nSPS) is 12.6. The Balaban J connectivity index is 2.13. The second-order valence-corrected chi connectivity index (χ2v) is 3.87. The van der Waals surface area contributed by atoms with Crippen molar-refractivity contribution in [3.05, 3.63) is 36.0 Å². The van der Waals surface area contributed by atoms with Crippen molar-refractivity contribution < 1.29 is 4.79 Å². The molecule has 0 aliphatic carbocycles. The molecule has 1 aromatic heterocycles. The molecule has 0 fully saturated rings. The lowest BCUT2D eigenvalue weighted by Gasteiger charge is -2.06. The maximum atomic E-state index is 11.3. The fraction of sp³-hybridized carbons (Fsp3) is 0.250. The number of nitrogens with two attached hydrogens (primary N) is 1. The van der Waals surface area contributed by atoms with E-state index in [1.165, 1.54) is 0 Å². The van der Waals surface area contributed by atoms with Gasteiger partial charge in [-0.05, 0) is 18.6 Å². The van der Waals surface area contributed by atoms with Crippen LogP contribution >= 0.6 is 0 Å². The smallest absolute Gasteiger partial charge is 0.236 e. The van der Waals surface area contributed by atoms with Crippen molar-refractivity contribution >= 4 is 16.8 Å².